The van der Waals surface area contributed by atoms with Crippen LogP contribution in [0.5, 0.6) is 0 Å². The summed E-state index contributed by atoms with van der Waals surface area (Å²) in [5, 5.41) is 23.6. The molecular weight excluding hydrogens is 683 g/mol. The lowest BCUT2D eigenvalue weighted by atomic mass is 10.0. The molecule has 0 rings (SSSR count). The van der Waals surface area contributed by atoms with Gasteiger partial charge in [0.1, 0.15) is 6.10 Å². The molecule has 0 aliphatic heterocycles. The Kier molecular flexibility index (Phi) is 41.2. The number of hydrogen-bond donors (Lipinski definition) is 3. The predicted molar refractivity (Wildman–Crippen MR) is 236 cm³/mol. The molecule has 0 saturated heterocycles. The van der Waals surface area contributed by atoms with Crippen molar-refractivity contribution in [1.29, 1.82) is 0 Å². The average Bonchev–Trinajstić information content (AvgIpc) is 3.18. The molecule has 0 aromatic heterocycles. The SMILES string of the molecule is CC/C=C/C=C/C=C/CCCCCCCCCC(=O)OC(CCCCC/C=C\CCCC)CC(=O)NC(CO)C(O)CCCCCCCCCCCCCC. The first kappa shape index (κ1) is 52.8. The lowest BCUT2D eigenvalue weighted by molar-refractivity contribution is -0.151. The second-order valence-electron chi connectivity index (χ2n) is 15.8. The zero-order valence-corrected chi connectivity index (χ0v) is 36.3. The fourth-order valence-electron chi connectivity index (χ4n) is 6.88. The van der Waals surface area contributed by atoms with E-state index in [9.17, 15) is 19.8 Å². The van der Waals surface area contributed by atoms with Gasteiger partial charge in [0, 0.05) is 6.42 Å². The number of aliphatic hydroxyl groups excluding tert-OH is 2. The molecule has 6 nitrogen and oxygen atoms in total. The molecule has 0 aliphatic rings. The number of unbranched alkanes of at least 4 members (excludes halogenated alkanes) is 23. The van der Waals surface area contributed by atoms with E-state index in [1.165, 1.54) is 96.3 Å². The molecule has 3 unspecified atom stereocenters. The molecule has 3 atom stereocenters. The molecule has 55 heavy (non-hydrogen) atoms. The minimum absolute atomic E-state index is 0.0614. The van der Waals surface area contributed by atoms with Crippen molar-refractivity contribution < 1.29 is 24.5 Å². The van der Waals surface area contributed by atoms with Crippen molar-refractivity contribution in [2.24, 2.45) is 0 Å². The van der Waals surface area contributed by atoms with E-state index in [-0.39, 0.29) is 24.9 Å². The molecule has 0 spiro atoms. The van der Waals surface area contributed by atoms with Crippen molar-refractivity contribution in [3.05, 3.63) is 48.6 Å². The largest absolute Gasteiger partial charge is 0.462 e. The van der Waals surface area contributed by atoms with Crippen molar-refractivity contribution in [3.8, 4) is 0 Å². The molecule has 0 aromatic carbocycles. The van der Waals surface area contributed by atoms with Gasteiger partial charge in [-0.05, 0) is 64.2 Å². The first-order valence-corrected chi connectivity index (χ1v) is 23.4. The van der Waals surface area contributed by atoms with Crippen LogP contribution in [-0.2, 0) is 14.3 Å². The van der Waals surface area contributed by atoms with Gasteiger partial charge in [0.2, 0.25) is 5.91 Å². The van der Waals surface area contributed by atoms with Gasteiger partial charge in [-0.3, -0.25) is 9.59 Å². The van der Waals surface area contributed by atoms with E-state index in [1.807, 2.05) is 0 Å². The zero-order chi connectivity index (χ0) is 40.3. The van der Waals surface area contributed by atoms with Gasteiger partial charge in [-0.25, -0.2) is 0 Å². The van der Waals surface area contributed by atoms with Gasteiger partial charge in [0.05, 0.1) is 25.2 Å². The highest BCUT2D eigenvalue weighted by Gasteiger charge is 2.24. The van der Waals surface area contributed by atoms with Crippen LogP contribution in [0.1, 0.15) is 226 Å². The number of carbonyl (C=O) groups is 2. The Bertz CT molecular complexity index is 957. The Morgan fingerprint density at radius 3 is 1.60 bits per heavy atom. The highest BCUT2D eigenvalue weighted by Crippen LogP contribution is 2.17. The smallest absolute Gasteiger partial charge is 0.306 e. The van der Waals surface area contributed by atoms with Crippen LogP contribution in [-0.4, -0.2) is 46.9 Å². The van der Waals surface area contributed by atoms with Crippen molar-refractivity contribution in [2.75, 3.05) is 6.61 Å². The minimum atomic E-state index is -0.791. The molecule has 0 saturated carbocycles. The number of nitrogens with one attached hydrogen (secondary N) is 1. The predicted octanol–water partition coefficient (Wildman–Crippen LogP) is 13.5. The fraction of sp³-hybridized carbons (Fsp3) is 0.796. The number of amides is 1. The molecule has 0 bridgehead atoms. The summed E-state index contributed by atoms with van der Waals surface area (Å²) in [4.78, 5) is 26.0. The summed E-state index contributed by atoms with van der Waals surface area (Å²) < 4.78 is 5.88. The number of ether oxygens (including phenoxy) is 1. The molecular formula is C49H89NO5. The van der Waals surface area contributed by atoms with Crippen LogP contribution >= 0.6 is 0 Å². The van der Waals surface area contributed by atoms with E-state index < -0.39 is 18.2 Å². The van der Waals surface area contributed by atoms with Crippen LogP contribution < -0.4 is 5.32 Å². The van der Waals surface area contributed by atoms with E-state index in [0.717, 1.165) is 83.5 Å². The maximum Gasteiger partial charge on any atom is 0.306 e. The Morgan fingerprint density at radius 1 is 0.545 bits per heavy atom. The Hall–Kier alpha value is -2.18. The van der Waals surface area contributed by atoms with E-state index >= 15 is 0 Å². The monoisotopic (exact) mass is 772 g/mol. The zero-order valence-electron chi connectivity index (χ0n) is 36.3. The summed E-state index contributed by atoms with van der Waals surface area (Å²) in [6.07, 6.45) is 50.3. The van der Waals surface area contributed by atoms with E-state index in [0.29, 0.717) is 19.3 Å². The van der Waals surface area contributed by atoms with Crippen LogP contribution in [0.2, 0.25) is 0 Å². The van der Waals surface area contributed by atoms with Gasteiger partial charge >= 0.3 is 5.97 Å². The van der Waals surface area contributed by atoms with Gasteiger partial charge in [-0.15, -0.1) is 0 Å². The number of rotatable bonds is 41. The summed E-state index contributed by atoms with van der Waals surface area (Å²) in [7, 11) is 0. The van der Waals surface area contributed by atoms with Gasteiger partial charge in [0.15, 0.2) is 0 Å². The molecule has 320 valence electrons. The highest BCUT2D eigenvalue weighted by molar-refractivity contribution is 5.77. The van der Waals surface area contributed by atoms with E-state index in [2.05, 4.69) is 74.7 Å². The fourth-order valence-corrected chi connectivity index (χ4v) is 6.88. The van der Waals surface area contributed by atoms with Crippen LogP contribution in [0.15, 0.2) is 48.6 Å². The second-order valence-corrected chi connectivity index (χ2v) is 15.8. The number of carbonyl (C=O) groups excluding carboxylic acids is 2. The van der Waals surface area contributed by atoms with Crippen molar-refractivity contribution in [1.82, 2.24) is 5.32 Å². The maximum atomic E-state index is 13.1. The van der Waals surface area contributed by atoms with Gasteiger partial charge in [0.25, 0.3) is 0 Å². The third-order valence-electron chi connectivity index (χ3n) is 10.5. The van der Waals surface area contributed by atoms with E-state index in [1.54, 1.807) is 0 Å². The van der Waals surface area contributed by atoms with Gasteiger partial charge in [-0.1, -0.05) is 198 Å². The summed E-state index contributed by atoms with van der Waals surface area (Å²) in [5.41, 5.74) is 0. The molecule has 0 heterocycles. The maximum absolute atomic E-state index is 13.1. The molecule has 0 aliphatic carbocycles. The number of allylic oxidation sites excluding steroid dienone is 8. The molecule has 6 heteroatoms. The summed E-state index contributed by atoms with van der Waals surface area (Å²) in [6.45, 7) is 6.29. The quantitative estimate of drug-likeness (QED) is 0.0249. The van der Waals surface area contributed by atoms with E-state index in [4.69, 9.17) is 4.74 Å². The normalized spacial score (nSPS) is 13.8. The lowest BCUT2D eigenvalue weighted by Gasteiger charge is -2.24. The molecule has 1 amide bonds. The summed E-state index contributed by atoms with van der Waals surface area (Å²) >= 11 is 0. The first-order valence-electron chi connectivity index (χ1n) is 23.4. The average molecular weight is 772 g/mol. The second kappa shape index (κ2) is 43.0. The van der Waals surface area contributed by atoms with Gasteiger partial charge in [-0.2, -0.15) is 0 Å². The Labute approximate surface area is 340 Å². The first-order chi connectivity index (χ1) is 27.0. The number of aliphatic hydroxyl groups is 2. The molecule has 0 radical (unpaired) electrons. The van der Waals surface area contributed by atoms with Crippen LogP contribution in [0.4, 0.5) is 0 Å². The van der Waals surface area contributed by atoms with Crippen LogP contribution in [0, 0.1) is 0 Å². The summed E-state index contributed by atoms with van der Waals surface area (Å²) in [5.74, 6) is -0.506. The van der Waals surface area contributed by atoms with Crippen molar-refractivity contribution in [3.63, 3.8) is 0 Å². The van der Waals surface area contributed by atoms with Gasteiger partial charge < -0.3 is 20.3 Å². The van der Waals surface area contributed by atoms with Crippen molar-refractivity contribution >= 4 is 11.9 Å². The Balaban J connectivity index is 4.53. The van der Waals surface area contributed by atoms with Crippen LogP contribution in [0.3, 0.4) is 0 Å². The third-order valence-corrected chi connectivity index (χ3v) is 10.5. The third kappa shape index (κ3) is 38.5. The lowest BCUT2D eigenvalue weighted by Crippen LogP contribution is -2.46. The standard InChI is InChI=1S/C49H89NO5/c1-4-7-10-13-16-19-21-23-24-25-27-30-33-36-39-42-49(54)55-45(40-37-34-31-28-18-15-12-9-6-3)43-48(53)50-46(44-51)47(52)41-38-35-32-29-26-22-20-17-14-11-8-5-2/h7,10,13,15-16,18-19,21,45-47,51-52H,4-6,8-9,11-12,14,17,20,22-44H2,1-3H3,(H,50,53)/b10-7+,16-13+,18-15-,21-19+. The molecule has 3 N–H and O–H groups in total. The minimum Gasteiger partial charge on any atom is -0.462 e. The number of esters is 1. The summed E-state index contributed by atoms with van der Waals surface area (Å²) in [6, 6.07) is -0.706. The molecule has 0 aromatic rings. The number of hydrogen-bond acceptors (Lipinski definition) is 5. The van der Waals surface area contributed by atoms with Crippen LogP contribution in [0.25, 0.3) is 0 Å². The highest BCUT2D eigenvalue weighted by atomic mass is 16.5. The molecule has 0 fully saturated rings. The Morgan fingerprint density at radius 2 is 1.02 bits per heavy atom. The van der Waals surface area contributed by atoms with Crippen molar-refractivity contribution in [2.45, 2.75) is 244 Å². The topological polar surface area (TPSA) is 95.9 Å².